The molecule has 2 N–H and O–H groups in total. The molecule has 45 heavy (non-hydrogen) atoms. The van der Waals surface area contributed by atoms with Crippen molar-refractivity contribution in [3.05, 3.63) is 65.7 Å². The van der Waals surface area contributed by atoms with E-state index in [4.69, 9.17) is 18.9 Å². The molecule has 7 rings (SSSR count). The molecule has 2 heterocycles. The van der Waals surface area contributed by atoms with Crippen LogP contribution in [0.3, 0.4) is 0 Å². The average molecular weight is 616 g/mol. The van der Waals surface area contributed by atoms with E-state index >= 15 is 0 Å². The second-order valence-corrected chi connectivity index (χ2v) is 14.5. The predicted octanol–water partition coefficient (Wildman–Crippen LogP) is 4.98. The number of benzene rings is 2. The Morgan fingerprint density at radius 2 is 1.87 bits per heavy atom. The number of methoxy groups -OCH3 is 1. The summed E-state index contributed by atoms with van der Waals surface area (Å²) < 4.78 is 18.7. The molecule has 4 fully saturated rings. The fraction of sp³-hybridized carbons (Fsp3) is 0.571. The van der Waals surface area contributed by atoms with Crippen molar-refractivity contribution in [1.82, 2.24) is 10.6 Å². The van der Waals surface area contributed by atoms with Gasteiger partial charge in [-0.2, -0.15) is 0 Å². The number of amides is 2. The Morgan fingerprint density at radius 3 is 2.58 bits per heavy atom. The number of oxime groups is 1. The van der Waals surface area contributed by atoms with Crippen LogP contribution >= 0.6 is 0 Å². The van der Waals surface area contributed by atoms with Crippen LogP contribution in [0.15, 0.2) is 59.8 Å². The molecule has 1 unspecified atom stereocenters. The molecule has 3 saturated carbocycles. The lowest BCUT2D eigenvalue weighted by molar-refractivity contribution is -0.199. The highest BCUT2D eigenvalue weighted by molar-refractivity contribution is 6.48. The molecule has 9 nitrogen and oxygen atoms in total. The number of rotatable bonds is 11. The molecule has 3 aliphatic carbocycles. The van der Waals surface area contributed by atoms with Crippen LogP contribution in [0.1, 0.15) is 76.2 Å². The topological polar surface area (TPSA) is 107 Å². The highest BCUT2D eigenvalue weighted by Gasteiger charge is 2.68. The number of nitrogens with zero attached hydrogens (tertiary/aromatic N) is 1. The zero-order chi connectivity index (χ0) is 32.0. The van der Waals surface area contributed by atoms with Crippen LogP contribution in [0, 0.1) is 23.2 Å². The van der Waals surface area contributed by atoms with Crippen LogP contribution in [0.2, 0.25) is 0 Å². The first kappa shape index (κ1) is 31.6. The van der Waals surface area contributed by atoms with E-state index in [0.29, 0.717) is 47.6 Å². The van der Waals surface area contributed by atoms with Gasteiger partial charge < -0.3 is 29.5 Å². The van der Waals surface area contributed by atoms with Gasteiger partial charge in [0.1, 0.15) is 5.75 Å². The maximum atomic E-state index is 14.3. The van der Waals surface area contributed by atoms with E-state index in [-0.39, 0.29) is 47.8 Å². The molecule has 2 aromatic rings. The molecule has 0 spiro atoms. The minimum absolute atomic E-state index is 0.0231. The lowest BCUT2D eigenvalue weighted by atomic mass is 9.43. The van der Waals surface area contributed by atoms with Gasteiger partial charge in [-0.05, 0) is 73.1 Å². The van der Waals surface area contributed by atoms with Crippen molar-refractivity contribution in [2.24, 2.45) is 28.3 Å². The maximum Gasteiger partial charge on any atom is 0.481 e. The summed E-state index contributed by atoms with van der Waals surface area (Å²) in [5.41, 5.74) is 0.612. The quantitative estimate of drug-likeness (QED) is 0.346. The van der Waals surface area contributed by atoms with Crippen molar-refractivity contribution < 1.29 is 28.5 Å². The Morgan fingerprint density at radius 1 is 1.09 bits per heavy atom. The summed E-state index contributed by atoms with van der Waals surface area (Å²) in [4.78, 5) is 33.3. The summed E-state index contributed by atoms with van der Waals surface area (Å²) in [6, 6.07) is 16.8. The van der Waals surface area contributed by atoms with E-state index in [1.54, 1.807) is 31.4 Å². The standard InChI is InChI=1S/C35H46BN3O6/c1-22(2)15-30(36-43-29-18-25-17-28(33(25,3)4)34(29,5)44-36)38-32(41)35(19-23-11-8-7-9-12-23)20-26(39-45-35)21-37-31(40)24-13-10-14-27(16-24)42-6/h7-14,16,22,25,28-30H,15,17-21H2,1-6H3,(H,37,40)(H,38,41)/t25-,28-,29+,30-,34-,35?/m0/s1. The first-order valence-corrected chi connectivity index (χ1v) is 16.3. The molecule has 0 aromatic heterocycles. The van der Waals surface area contributed by atoms with Crippen LogP contribution in [0.25, 0.3) is 0 Å². The van der Waals surface area contributed by atoms with Crippen molar-refractivity contribution in [1.29, 1.82) is 0 Å². The summed E-state index contributed by atoms with van der Waals surface area (Å²) in [6.45, 7) is 11.3. The minimum Gasteiger partial charge on any atom is -0.497 e. The lowest BCUT2D eigenvalue weighted by Gasteiger charge is -2.64. The molecule has 2 amide bonds. The number of hydrogen-bond acceptors (Lipinski definition) is 7. The van der Waals surface area contributed by atoms with Gasteiger partial charge >= 0.3 is 7.12 Å². The monoisotopic (exact) mass is 615 g/mol. The zero-order valence-electron chi connectivity index (χ0n) is 27.3. The summed E-state index contributed by atoms with van der Waals surface area (Å²) in [6.07, 6.45) is 3.44. The van der Waals surface area contributed by atoms with Gasteiger partial charge in [0.2, 0.25) is 5.60 Å². The second kappa shape index (κ2) is 12.1. The van der Waals surface area contributed by atoms with Crippen molar-refractivity contribution in [2.75, 3.05) is 13.7 Å². The molecular weight excluding hydrogens is 569 g/mol. The predicted molar refractivity (Wildman–Crippen MR) is 173 cm³/mol. The summed E-state index contributed by atoms with van der Waals surface area (Å²) >= 11 is 0. The van der Waals surface area contributed by atoms with Gasteiger partial charge in [0.25, 0.3) is 11.8 Å². The van der Waals surface area contributed by atoms with Crippen molar-refractivity contribution >= 4 is 24.6 Å². The highest BCUT2D eigenvalue weighted by atomic mass is 16.7. The largest absolute Gasteiger partial charge is 0.497 e. The molecule has 6 atom stereocenters. The van der Waals surface area contributed by atoms with E-state index < -0.39 is 12.7 Å². The van der Waals surface area contributed by atoms with Crippen LogP contribution in [-0.2, 0) is 25.4 Å². The molecule has 2 aliphatic heterocycles. The number of nitrogens with one attached hydrogen (secondary N) is 2. The lowest BCUT2D eigenvalue weighted by Crippen LogP contribution is -2.65. The Hall–Kier alpha value is -3.37. The van der Waals surface area contributed by atoms with Crippen LogP contribution in [-0.4, -0.2) is 61.5 Å². The molecule has 2 bridgehead atoms. The summed E-state index contributed by atoms with van der Waals surface area (Å²) in [7, 11) is 1.02. The van der Waals surface area contributed by atoms with E-state index in [9.17, 15) is 9.59 Å². The number of hydrogen-bond donors (Lipinski definition) is 2. The first-order valence-electron chi connectivity index (χ1n) is 16.3. The third-order valence-electron chi connectivity index (χ3n) is 10.7. The minimum atomic E-state index is -1.27. The Kier molecular flexibility index (Phi) is 8.50. The molecule has 2 aromatic carbocycles. The van der Waals surface area contributed by atoms with Crippen LogP contribution < -0.4 is 15.4 Å². The molecular formula is C35H46BN3O6. The van der Waals surface area contributed by atoms with Crippen LogP contribution in [0.4, 0.5) is 0 Å². The molecule has 5 aliphatic rings. The van der Waals surface area contributed by atoms with E-state index in [0.717, 1.165) is 12.0 Å². The van der Waals surface area contributed by atoms with Crippen LogP contribution in [0.5, 0.6) is 5.75 Å². The highest BCUT2D eigenvalue weighted by Crippen LogP contribution is 2.65. The van der Waals surface area contributed by atoms with Crippen molar-refractivity contribution in [2.45, 2.75) is 90.0 Å². The van der Waals surface area contributed by atoms with Gasteiger partial charge in [0, 0.05) is 18.4 Å². The number of carbonyl (C=O) groups is 2. The molecule has 10 heteroatoms. The molecule has 0 radical (unpaired) electrons. The molecule has 240 valence electrons. The van der Waals surface area contributed by atoms with Gasteiger partial charge in [-0.1, -0.05) is 69.2 Å². The second-order valence-electron chi connectivity index (χ2n) is 14.5. The first-order chi connectivity index (χ1) is 21.4. The normalized spacial score (nSPS) is 30.1. The Labute approximate surface area is 266 Å². The molecule has 1 saturated heterocycles. The van der Waals surface area contributed by atoms with Gasteiger partial charge in [0.05, 0.1) is 37.0 Å². The zero-order valence-corrected chi connectivity index (χ0v) is 27.3. The van der Waals surface area contributed by atoms with E-state index in [1.165, 1.54) is 6.42 Å². The SMILES string of the molecule is COc1cccc(C(=O)NCC2=NOC(Cc3ccccc3)(C(=O)N[C@@H](CC(C)C)B3O[C@@H]4C[C@@H]5C[C@@H](C5(C)C)[C@]4(C)O3)C2)c1. The number of ether oxygens (including phenoxy) is 1. The van der Waals surface area contributed by atoms with Gasteiger partial charge in [0.15, 0.2) is 0 Å². The smallest absolute Gasteiger partial charge is 0.481 e. The van der Waals surface area contributed by atoms with Crippen molar-refractivity contribution in [3.63, 3.8) is 0 Å². The third-order valence-corrected chi connectivity index (χ3v) is 10.7. The van der Waals surface area contributed by atoms with Gasteiger partial charge in [-0.25, -0.2) is 0 Å². The Bertz CT molecular complexity index is 1450. The average Bonchev–Trinajstić information content (AvgIpc) is 3.60. The summed E-state index contributed by atoms with van der Waals surface area (Å²) in [5.74, 6) is 1.10. The fourth-order valence-corrected chi connectivity index (χ4v) is 8.03. The summed E-state index contributed by atoms with van der Waals surface area (Å²) in [5, 5.41) is 10.5. The fourth-order valence-electron chi connectivity index (χ4n) is 8.03. The Balaban J connectivity index is 1.17. The number of carbonyl (C=O) groups excluding carboxylic acids is 2. The third kappa shape index (κ3) is 5.99. The van der Waals surface area contributed by atoms with Gasteiger partial charge in [-0.3, -0.25) is 9.59 Å². The van der Waals surface area contributed by atoms with Gasteiger partial charge in [-0.15, -0.1) is 0 Å². The van der Waals surface area contributed by atoms with Crippen molar-refractivity contribution in [3.8, 4) is 5.75 Å². The van der Waals surface area contributed by atoms with E-state index in [2.05, 4.69) is 50.4 Å². The van der Waals surface area contributed by atoms with E-state index in [1.807, 2.05) is 30.3 Å². The maximum absolute atomic E-state index is 14.3.